The molecule has 0 aliphatic rings. The molecule has 2 rings (SSSR count). The summed E-state index contributed by atoms with van der Waals surface area (Å²) in [5.41, 5.74) is 2.09. The van der Waals surface area contributed by atoms with Crippen molar-refractivity contribution in [2.45, 2.75) is 31.7 Å². The number of hydrogen-bond donors (Lipinski definition) is 1. The van der Waals surface area contributed by atoms with Crippen LogP contribution in [0.1, 0.15) is 29.8 Å². The molecule has 2 aromatic rings. The Balaban J connectivity index is 2.33. The van der Waals surface area contributed by atoms with Gasteiger partial charge in [0.2, 0.25) is 10.0 Å². The minimum Gasteiger partial charge on any atom is -0.496 e. The lowest BCUT2D eigenvalue weighted by Crippen LogP contribution is -2.28. The molecule has 0 radical (unpaired) electrons. The quantitative estimate of drug-likeness (QED) is 0.920. The predicted molar refractivity (Wildman–Crippen MR) is 85.4 cm³/mol. The molecule has 22 heavy (non-hydrogen) atoms. The van der Waals surface area contributed by atoms with Gasteiger partial charge in [-0.2, -0.15) is 0 Å². The van der Waals surface area contributed by atoms with Crippen LogP contribution in [0.2, 0.25) is 0 Å². The van der Waals surface area contributed by atoms with Crippen LogP contribution in [0.5, 0.6) is 5.75 Å². The van der Waals surface area contributed by atoms with E-state index in [1.54, 1.807) is 51.4 Å². The highest BCUT2D eigenvalue weighted by molar-refractivity contribution is 7.89. The normalized spacial score (nSPS) is 12.9. The van der Waals surface area contributed by atoms with Crippen molar-refractivity contribution in [2.24, 2.45) is 0 Å². The Morgan fingerprint density at radius 3 is 2.50 bits per heavy atom. The van der Waals surface area contributed by atoms with Crippen LogP contribution < -0.4 is 9.46 Å². The second-order valence-corrected chi connectivity index (χ2v) is 6.87. The molecule has 0 fully saturated rings. The molecule has 1 N–H and O–H groups in total. The number of pyridine rings is 1. The third-order valence-electron chi connectivity index (χ3n) is 3.45. The van der Waals surface area contributed by atoms with Crippen LogP contribution in [0.25, 0.3) is 0 Å². The standard InChI is InChI=1S/C16H20N2O3S/c1-11-10-16(12(2)9-15(11)21-4)22(19,20)18-13(3)14-7-5-6-8-17-14/h5-10,13,18H,1-4H3. The van der Waals surface area contributed by atoms with Gasteiger partial charge in [-0.05, 0) is 56.2 Å². The van der Waals surface area contributed by atoms with Crippen molar-refractivity contribution >= 4 is 10.0 Å². The maximum atomic E-state index is 12.6. The maximum absolute atomic E-state index is 12.6. The molecule has 0 amide bonds. The summed E-state index contributed by atoms with van der Waals surface area (Å²) in [4.78, 5) is 4.43. The Hall–Kier alpha value is -1.92. The van der Waals surface area contributed by atoms with Crippen molar-refractivity contribution in [2.75, 3.05) is 7.11 Å². The van der Waals surface area contributed by atoms with Crippen LogP contribution in [0.4, 0.5) is 0 Å². The molecule has 0 bridgehead atoms. The number of sulfonamides is 1. The average Bonchev–Trinajstić information content (AvgIpc) is 2.49. The van der Waals surface area contributed by atoms with Crippen molar-refractivity contribution in [1.29, 1.82) is 0 Å². The third-order valence-corrected chi connectivity index (χ3v) is 5.13. The maximum Gasteiger partial charge on any atom is 0.241 e. The molecule has 1 atom stereocenters. The first-order valence-electron chi connectivity index (χ1n) is 6.93. The Bertz CT molecular complexity index is 758. The van der Waals surface area contributed by atoms with Gasteiger partial charge in [0.05, 0.1) is 23.7 Å². The number of aryl methyl sites for hydroxylation is 2. The zero-order valence-electron chi connectivity index (χ0n) is 13.1. The van der Waals surface area contributed by atoms with Crippen LogP contribution in [0, 0.1) is 13.8 Å². The molecule has 0 spiro atoms. The van der Waals surface area contributed by atoms with Crippen LogP contribution >= 0.6 is 0 Å². The fourth-order valence-corrected chi connectivity index (χ4v) is 3.79. The highest BCUT2D eigenvalue weighted by atomic mass is 32.2. The van der Waals surface area contributed by atoms with Gasteiger partial charge in [-0.3, -0.25) is 4.98 Å². The lowest BCUT2D eigenvalue weighted by atomic mass is 10.1. The number of hydrogen-bond acceptors (Lipinski definition) is 4. The Labute approximate surface area is 131 Å². The van der Waals surface area contributed by atoms with Crippen molar-refractivity contribution in [3.05, 3.63) is 53.3 Å². The van der Waals surface area contributed by atoms with Gasteiger partial charge < -0.3 is 4.74 Å². The number of methoxy groups -OCH3 is 1. The van der Waals surface area contributed by atoms with Crippen molar-refractivity contribution < 1.29 is 13.2 Å². The van der Waals surface area contributed by atoms with E-state index < -0.39 is 16.1 Å². The van der Waals surface area contributed by atoms with Gasteiger partial charge in [-0.1, -0.05) is 6.07 Å². The Kier molecular flexibility index (Phi) is 4.83. The first-order valence-corrected chi connectivity index (χ1v) is 8.42. The van der Waals surface area contributed by atoms with Gasteiger partial charge in [-0.15, -0.1) is 0 Å². The number of aromatic nitrogens is 1. The second kappa shape index (κ2) is 6.46. The molecule has 0 aliphatic heterocycles. The largest absolute Gasteiger partial charge is 0.496 e. The third kappa shape index (κ3) is 3.45. The molecule has 0 aliphatic carbocycles. The van der Waals surface area contributed by atoms with E-state index in [1.807, 2.05) is 13.0 Å². The van der Waals surface area contributed by atoms with Gasteiger partial charge >= 0.3 is 0 Å². The van der Waals surface area contributed by atoms with Crippen molar-refractivity contribution in [1.82, 2.24) is 9.71 Å². The van der Waals surface area contributed by atoms with E-state index in [0.29, 0.717) is 17.0 Å². The zero-order chi connectivity index (χ0) is 16.3. The first-order chi connectivity index (χ1) is 10.3. The van der Waals surface area contributed by atoms with Crippen LogP contribution in [0.3, 0.4) is 0 Å². The minimum absolute atomic E-state index is 0.258. The molecular weight excluding hydrogens is 300 g/mol. The summed E-state index contributed by atoms with van der Waals surface area (Å²) >= 11 is 0. The number of ether oxygens (including phenoxy) is 1. The Morgan fingerprint density at radius 2 is 1.91 bits per heavy atom. The van der Waals surface area contributed by atoms with E-state index in [2.05, 4.69) is 9.71 Å². The number of nitrogens with zero attached hydrogens (tertiary/aromatic N) is 1. The smallest absolute Gasteiger partial charge is 0.241 e. The van der Waals surface area contributed by atoms with Gasteiger partial charge in [0.25, 0.3) is 0 Å². The summed E-state index contributed by atoms with van der Waals surface area (Å²) in [5, 5.41) is 0. The number of benzene rings is 1. The van der Waals surface area contributed by atoms with Gasteiger partial charge in [0, 0.05) is 6.20 Å². The summed E-state index contributed by atoms with van der Waals surface area (Å²) in [7, 11) is -2.06. The fourth-order valence-electron chi connectivity index (χ4n) is 2.26. The van der Waals surface area contributed by atoms with E-state index in [0.717, 1.165) is 5.56 Å². The van der Waals surface area contributed by atoms with Gasteiger partial charge in [0.15, 0.2) is 0 Å². The van der Waals surface area contributed by atoms with Crippen LogP contribution in [-0.2, 0) is 10.0 Å². The average molecular weight is 320 g/mol. The van der Waals surface area contributed by atoms with Crippen molar-refractivity contribution in [3.8, 4) is 5.75 Å². The summed E-state index contributed by atoms with van der Waals surface area (Å²) in [5.74, 6) is 0.675. The molecule has 1 heterocycles. The van der Waals surface area contributed by atoms with Crippen LogP contribution in [-0.4, -0.2) is 20.5 Å². The lowest BCUT2D eigenvalue weighted by molar-refractivity contribution is 0.411. The zero-order valence-corrected chi connectivity index (χ0v) is 13.9. The molecule has 1 aromatic carbocycles. The van der Waals surface area contributed by atoms with Crippen LogP contribution in [0.15, 0.2) is 41.4 Å². The molecule has 5 nitrogen and oxygen atoms in total. The minimum atomic E-state index is -3.63. The summed E-state index contributed by atoms with van der Waals surface area (Å²) in [6, 6.07) is 8.36. The summed E-state index contributed by atoms with van der Waals surface area (Å²) in [6.45, 7) is 5.34. The molecule has 0 saturated carbocycles. The molecule has 118 valence electrons. The number of nitrogens with one attached hydrogen (secondary N) is 1. The summed E-state index contributed by atoms with van der Waals surface area (Å²) < 4.78 is 33.1. The topological polar surface area (TPSA) is 68.3 Å². The predicted octanol–water partition coefficient (Wildman–Crippen LogP) is 2.75. The molecule has 1 aromatic heterocycles. The van der Waals surface area contributed by atoms with Gasteiger partial charge in [-0.25, -0.2) is 13.1 Å². The number of rotatable bonds is 5. The first kappa shape index (κ1) is 16.5. The van der Waals surface area contributed by atoms with E-state index in [-0.39, 0.29) is 4.90 Å². The SMILES string of the molecule is COc1cc(C)c(S(=O)(=O)NC(C)c2ccccn2)cc1C. The highest BCUT2D eigenvalue weighted by Gasteiger charge is 2.22. The molecule has 0 saturated heterocycles. The van der Waals surface area contributed by atoms with Crippen molar-refractivity contribution in [3.63, 3.8) is 0 Å². The molecular formula is C16H20N2O3S. The van der Waals surface area contributed by atoms with E-state index in [9.17, 15) is 8.42 Å². The van der Waals surface area contributed by atoms with E-state index in [1.165, 1.54) is 0 Å². The summed E-state index contributed by atoms with van der Waals surface area (Å²) in [6.07, 6.45) is 1.64. The highest BCUT2D eigenvalue weighted by Crippen LogP contribution is 2.26. The molecule has 1 unspecified atom stereocenters. The Morgan fingerprint density at radius 1 is 1.18 bits per heavy atom. The van der Waals surface area contributed by atoms with E-state index >= 15 is 0 Å². The second-order valence-electron chi connectivity index (χ2n) is 5.18. The van der Waals surface area contributed by atoms with E-state index in [4.69, 9.17) is 4.74 Å². The van der Waals surface area contributed by atoms with Gasteiger partial charge in [0.1, 0.15) is 5.75 Å². The lowest BCUT2D eigenvalue weighted by Gasteiger charge is -2.16. The monoisotopic (exact) mass is 320 g/mol. The molecule has 6 heteroatoms. The fraction of sp³-hybridized carbons (Fsp3) is 0.312.